The summed E-state index contributed by atoms with van der Waals surface area (Å²) in [5.41, 5.74) is 2.39. The second-order valence-corrected chi connectivity index (χ2v) is 4.26. The normalized spacial score (nSPS) is 17.8. The standard InChI is InChI=1S/C13H19NO2/c1-16-13(15)10-11-5-4-6-12(9-11)14-7-2-3-8-14/h4-6,9,13,15H,2-3,7-8,10H2,1H3. The second kappa shape index (κ2) is 5.32. The third kappa shape index (κ3) is 2.74. The van der Waals surface area contributed by atoms with E-state index < -0.39 is 6.29 Å². The van der Waals surface area contributed by atoms with Crippen molar-refractivity contribution in [3.8, 4) is 0 Å². The van der Waals surface area contributed by atoms with Gasteiger partial charge in [-0.3, -0.25) is 0 Å². The summed E-state index contributed by atoms with van der Waals surface area (Å²) in [6.07, 6.45) is 2.42. The van der Waals surface area contributed by atoms with E-state index in [1.807, 2.05) is 12.1 Å². The molecule has 1 aliphatic rings. The maximum absolute atomic E-state index is 9.43. The van der Waals surface area contributed by atoms with Crippen LogP contribution in [0.4, 0.5) is 5.69 Å². The number of hydrogen-bond donors (Lipinski definition) is 1. The summed E-state index contributed by atoms with van der Waals surface area (Å²) in [7, 11) is 1.52. The summed E-state index contributed by atoms with van der Waals surface area (Å²) < 4.78 is 4.86. The number of anilines is 1. The quantitative estimate of drug-likeness (QED) is 0.787. The predicted molar refractivity (Wildman–Crippen MR) is 64.6 cm³/mol. The zero-order chi connectivity index (χ0) is 11.4. The molecule has 1 saturated heterocycles. The van der Waals surface area contributed by atoms with Crippen LogP contribution in [-0.4, -0.2) is 31.6 Å². The first kappa shape index (κ1) is 11.4. The smallest absolute Gasteiger partial charge is 0.158 e. The molecule has 1 aliphatic heterocycles. The fourth-order valence-corrected chi connectivity index (χ4v) is 2.14. The Morgan fingerprint density at radius 1 is 1.38 bits per heavy atom. The number of methoxy groups -OCH3 is 1. The van der Waals surface area contributed by atoms with Gasteiger partial charge in [-0.05, 0) is 30.5 Å². The monoisotopic (exact) mass is 221 g/mol. The molecule has 88 valence electrons. The number of aliphatic hydroxyl groups is 1. The molecule has 1 unspecified atom stereocenters. The summed E-state index contributed by atoms with van der Waals surface area (Å²) >= 11 is 0. The van der Waals surface area contributed by atoms with Gasteiger partial charge >= 0.3 is 0 Å². The van der Waals surface area contributed by atoms with Crippen molar-refractivity contribution in [1.82, 2.24) is 0 Å². The zero-order valence-electron chi connectivity index (χ0n) is 9.72. The Balaban J connectivity index is 2.06. The highest BCUT2D eigenvalue weighted by atomic mass is 16.6. The van der Waals surface area contributed by atoms with Crippen molar-refractivity contribution in [2.24, 2.45) is 0 Å². The topological polar surface area (TPSA) is 32.7 Å². The van der Waals surface area contributed by atoms with E-state index in [0.29, 0.717) is 6.42 Å². The van der Waals surface area contributed by atoms with Crippen LogP contribution in [0.1, 0.15) is 18.4 Å². The number of hydrogen-bond acceptors (Lipinski definition) is 3. The van der Waals surface area contributed by atoms with Gasteiger partial charge in [-0.25, -0.2) is 0 Å². The molecular formula is C13H19NO2. The van der Waals surface area contributed by atoms with Gasteiger partial charge in [0.2, 0.25) is 0 Å². The molecule has 0 bridgehead atoms. The van der Waals surface area contributed by atoms with E-state index in [9.17, 15) is 5.11 Å². The van der Waals surface area contributed by atoms with Gasteiger partial charge in [-0.2, -0.15) is 0 Å². The molecule has 0 radical (unpaired) electrons. The summed E-state index contributed by atoms with van der Waals surface area (Å²) in [5, 5.41) is 9.43. The van der Waals surface area contributed by atoms with Gasteiger partial charge < -0.3 is 14.7 Å². The fraction of sp³-hybridized carbons (Fsp3) is 0.538. The Morgan fingerprint density at radius 3 is 2.81 bits per heavy atom. The lowest BCUT2D eigenvalue weighted by atomic mass is 10.1. The Morgan fingerprint density at radius 2 is 2.12 bits per heavy atom. The minimum Gasteiger partial charge on any atom is -0.372 e. The lowest BCUT2D eigenvalue weighted by Crippen LogP contribution is -2.18. The van der Waals surface area contributed by atoms with Gasteiger partial charge in [0, 0.05) is 32.3 Å². The first-order valence-corrected chi connectivity index (χ1v) is 5.84. The Bertz CT molecular complexity index is 334. The number of ether oxygens (including phenoxy) is 1. The molecule has 0 spiro atoms. The highest BCUT2D eigenvalue weighted by molar-refractivity contribution is 5.49. The van der Waals surface area contributed by atoms with Gasteiger partial charge in [0.15, 0.2) is 6.29 Å². The van der Waals surface area contributed by atoms with E-state index >= 15 is 0 Å². The van der Waals surface area contributed by atoms with E-state index in [4.69, 9.17) is 4.74 Å². The van der Waals surface area contributed by atoms with Crippen molar-refractivity contribution in [2.45, 2.75) is 25.6 Å². The van der Waals surface area contributed by atoms with Crippen molar-refractivity contribution in [3.63, 3.8) is 0 Å². The fourth-order valence-electron chi connectivity index (χ4n) is 2.14. The lowest BCUT2D eigenvalue weighted by molar-refractivity contribution is -0.0720. The van der Waals surface area contributed by atoms with Crippen LogP contribution < -0.4 is 4.90 Å². The van der Waals surface area contributed by atoms with Crippen LogP contribution in [-0.2, 0) is 11.2 Å². The third-order valence-corrected chi connectivity index (χ3v) is 3.06. The maximum atomic E-state index is 9.43. The minimum atomic E-state index is -0.700. The number of nitrogens with zero attached hydrogens (tertiary/aromatic N) is 1. The van der Waals surface area contributed by atoms with Crippen LogP contribution in [0, 0.1) is 0 Å². The molecule has 1 aromatic carbocycles. The van der Waals surface area contributed by atoms with E-state index in [1.54, 1.807) is 0 Å². The number of rotatable bonds is 4. The summed E-state index contributed by atoms with van der Waals surface area (Å²) in [6.45, 7) is 2.30. The molecule has 0 aliphatic carbocycles. The third-order valence-electron chi connectivity index (χ3n) is 3.06. The molecule has 0 saturated carbocycles. The van der Waals surface area contributed by atoms with Crippen LogP contribution in [0.15, 0.2) is 24.3 Å². The summed E-state index contributed by atoms with van der Waals surface area (Å²) in [4.78, 5) is 2.39. The Hall–Kier alpha value is -1.06. The predicted octanol–water partition coefficient (Wildman–Crippen LogP) is 1.79. The van der Waals surface area contributed by atoms with Crippen LogP contribution in [0.25, 0.3) is 0 Å². The van der Waals surface area contributed by atoms with Crippen molar-refractivity contribution in [3.05, 3.63) is 29.8 Å². The van der Waals surface area contributed by atoms with Gasteiger partial charge in [0.05, 0.1) is 0 Å². The molecule has 3 nitrogen and oxygen atoms in total. The van der Waals surface area contributed by atoms with Crippen LogP contribution in [0.5, 0.6) is 0 Å². The SMILES string of the molecule is COC(O)Cc1cccc(N2CCCC2)c1. The van der Waals surface area contributed by atoms with Crippen LogP contribution in [0.3, 0.4) is 0 Å². The van der Waals surface area contributed by atoms with E-state index in [2.05, 4.69) is 17.0 Å². The molecule has 1 fully saturated rings. The molecule has 0 aromatic heterocycles. The first-order chi connectivity index (χ1) is 7.79. The van der Waals surface area contributed by atoms with Crippen molar-refractivity contribution < 1.29 is 9.84 Å². The van der Waals surface area contributed by atoms with E-state index in [-0.39, 0.29) is 0 Å². The van der Waals surface area contributed by atoms with Gasteiger partial charge in [-0.15, -0.1) is 0 Å². The zero-order valence-corrected chi connectivity index (χ0v) is 9.72. The first-order valence-electron chi connectivity index (χ1n) is 5.84. The van der Waals surface area contributed by atoms with Crippen molar-refractivity contribution >= 4 is 5.69 Å². The van der Waals surface area contributed by atoms with Gasteiger partial charge in [0.1, 0.15) is 0 Å². The van der Waals surface area contributed by atoms with Crippen molar-refractivity contribution in [1.29, 1.82) is 0 Å². The Kier molecular flexibility index (Phi) is 3.80. The molecule has 3 heteroatoms. The van der Waals surface area contributed by atoms with E-state index in [1.165, 1.54) is 25.6 Å². The van der Waals surface area contributed by atoms with E-state index in [0.717, 1.165) is 18.7 Å². The summed E-state index contributed by atoms with van der Waals surface area (Å²) in [6, 6.07) is 8.36. The minimum absolute atomic E-state index is 0.554. The lowest BCUT2D eigenvalue weighted by Gasteiger charge is -2.18. The molecule has 16 heavy (non-hydrogen) atoms. The molecule has 1 N–H and O–H groups in total. The molecule has 1 heterocycles. The number of aliphatic hydroxyl groups excluding tert-OH is 1. The maximum Gasteiger partial charge on any atom is 0.158 e. The molecule has 1 atom stereocenters. The van der Waals surface area contributed by atoms with Gasteiger partial charge in [-0.1, -0.05) is 12.1 Å². The average Bonchev–Trinajstić information content (AvgIpc) is 2.83. The van der Waals surface area contributed by atoms with Gasteiger partial charge in [0.25, 0.3) is 0 Å². The summed E-state index contributed by atoms with van der Waals surface area (Å²) in [5.74, 6) is 0. The van der Waals surface area contributed by atoms with Crippen molar-refractivity contribution in [2.75, 3.05) is 25.1 Å². The Labute approximate surface area is 96.6 Å². The van der Waals surface area contributed by atoms with Crippen LogP contribution in [0.2, 0.25) is 0 Å². The largest absolute Gasteiger partial charge is 0.372 e. The highest BCUT2D eigenvalue weighted by Gasteiger charge is 2.12. The molecular weight excluding hydrogens is 202 g/mol. The molecule has 1 aromatic rings. The average molecular weight is 221 g/mol. The molecule has 0 amide bonds. The highest BCUT2D eigenvalue weighted by Crippen LogP contribution is 2.21. The second-order valence-electron chi connectivity index (χ2n) is 4.26. The van der Waals surface area contributed by atoms with Crippen LogP contribution >= 0.6 is 0 Å². The molecule has 2 rings (SSSR count). The number of benzene rings is 1.